The molecule has 0 atom stereocenters. The molecule has 1 aliphatic carbocycles. The zero-order valence-electron chi connectivity index (χ0n) is 15.0. The smallest absolute Gasteiger partial charge is 0.223 e. The lowest BCUT2D eigenvalue weighted by atomic mass is 10.1. The molecule has 7 heteroatoms. The lowest BCUT2D eigenvalue weighted by Gasteiger charge is -2.12. The van der Waals surface area contributed by atoms with Crippen molar-refractivity contribution >= 4 is 35.8 Å². The van der Waals surface area contributed by atoms with E-state index in [1.165, 1.54) is 0 Å². The third-order valence-electron chi connectivity index (χ3n) is 3.83. The Kier molecular flexibility index (Phi) is 10.5. The average molecular weight is 460 g/mol. The van der Waals surface area contributed by atoms with Crippen LogP contribution in [0, 0.1) is 5.92 Å². The van der Waals surface area contributed by atoms with E-state index in [1.807, 2.05) is 19.1 Å². The van der Waals surface area contributed by atoms with Gasteiger partial charge in [0.1, 0.15) is 0 Å². The number of benzene rings is 1. The van der Waals surface area contributed by atoms with Gasteiger partial charge in [0.05, 0.1) is 13.2 Å². The van der Waals surface area contributed by atoms with Crippen LogP contribution in [0.2, 0.25) is 0 Å². The number of aliphatic imine (C=N–C) groups is 1. The van der Waals surface area contributed by atoms with E-state index in [-0.39, 0.29) is 35.8 Å². The molecule has 0 aliphatic heterocycles. The van der Waals surface area contributed by atoms with Gasteiger partial charge in [-0.3, -0.25) is 4.79 Å². The van der Waals surface area contributed by atoms with E-state index in [0.717, 1.165) is 36.5 Å². The van der Waals surface area contributed by atoms with Crippen LogP contribution in [0.5, 0.6) is 0 Å². The van der Waals surface area contributed by atoms with Gasteiger partial charge < -0.3 is 20.7 Å². The van der Waals surface area contributed by atoms with Crippen LogP contribution in [0.4, 0.5) is 0 Å². The Hall–Kier alpha value is -1.35. The van der Waals surface area contributed by atoms with Gasteiger partial charge in [-0.15, -0.1) is 24.0 Å². The summed E-state index contributed by atoms with van der Waals surface area (Å²) in [6.45, 7) is 5.26. The summed E-state index contributed by atoms with van der Waals surface area (Å²) < 4.78 is 5.23. The third-order valence-corrected chi connectivity index (χ3v) is 3.83. The lowest BCUT2D eigenvalue weighted by molar-refractivity contribution is -0.122. The first kappa shape index (κ1) is 21.7. The van der Waals surface area contributed by atoms with Gasteiger partial charge in [-0.05, 0) is 30.9 Å². The number of amides is 1. The van der Waals surface area contributed by atoms with Crippen molar-refractivity contribution in [2.24, 2.45) is 10.9 Å². The molecule has 0 radical (unpaired) electrons. The number of nitrogens with one attached hydrogen (secondary N) is 3. The van der Waals surface area contributed by atoms with E-state index < -0.39 is 0 Å². The number of carbonyl (C=O) groups excluding carboxylic acids is 1. The summed E-state index contributed by atoms with van der Waals surface area (Å²) in [7, 11) is 1.70. The molecule has 0 bridgehead atoms. The van der Waals surface area contributed by atoms with E-state index in [0.29, 0.717) is 26.2 Å². The summed E-state index contributed by atoms with van der Waals surface area (Å²) >= 11 is 0. The summed E-state index contributed by atoms with van der Waals surface area (Å²) in [6, 6.07) is 8.14. The zero-order chi connectivity index (χ0) is 17.2. The molecule has 3 N–H and O–H groups in total. The largest absolute Gasteiger partial charge is 0.380 e. The number of guanidine groups is 1. The topological polar surface area (TPSA) is 74.8 Å². The number of rotatable bonds is 9. The number of halogens is 1. The second-order valence-corrected chi connectivity index (χ2v) is 5.89. The van der Waals surface area contributed by atoms with Gasteiger partial charge in [0.15, 0.2) is 5.96 Å². The lowest BCUT2D eigenvalue weighted by Crippen LogP contribution is -2.41. The number of carbonyl (C=O) groups is 1. The van der Waals surface area contributed by atoms with E-state index >= 15 is 0 Å². The van der Waals surface area contributed by atoms with Crippen LogP contribution in [-0.2, 0) is 22.7 Å². The minimum Gasteiger partial charge on any atom is -0.380 e. The Bertz CT molecular complexity index is 562. The van der Waals surface area contributed by atoms with Crippen molar-refractivity contribution in [1.82, 2.24) is 16.0 Å². The zero-order valence-corrected chi connectivity index (χ0v) is 17.3. The quantitative estimate of drug-likeness (QED) is 0.228. The van der Waals surface area contributed by atoms with Crippen molar-refractivity contribution in [3.05, 3.63) is 35.4 Å². The highest BCUT2D eigenvalue weighted by Crippen LogP contribution is 2.28. The molecule has 0 heterocycles. The summed E-state index contributed by atoms with van der Waals surface area (Å²) in [5, 5.41) is 9.41. The van der Waals surface area contributed by atoms with Gasteiger partial charge in [-0.1, -0.05) is 24.3 Å². The summed E-state index contributed by atoms with van der Waals surface area (Å²) in [5.41, 5.74) is 2.30. The molecule has 1 amide bonds. The number of hydrogen-bond donors (Lipinski definition) is 3. The van der Waals surface area contributed by atoms with Crippen molar-refractivity contribution in [3.8, 4) is 0 Å². The van der Waals surface area contributed by atoms with Crippen LogP contribution in [0.15, 0.2) is 29.3 Å². The molecule has 1 saturated carbocycles. The molecular formula is C18H29IN4O2. The molecule has 2 rings (SSSR count). The Morgan fingerprint density at radius 1 is 1.16 bits per heavy atom. The Labute approximate surface area is 167 Å². The summed E-state index contributed by atoms with van der Waals surface area (Å²) in [5.74, 6) is 1.18. The van der Waals surface area contributed by atoms with Crippen LogP contribution in [0.25, 0.3) is 0 Å². The maximum absolute atomic E-state index is 11.6. The van der Waals surface area contributed by atoms with Gasteiger partial charge in [-0.2, -0.15) is 0 Å². The molecular weight excluding hydrogens is 431 g/mol. The van der Waals surface area contributed by atoms with Crippen molar-refractivity contribution in [2.75, 3.05) is 26.7 Å². The molecule has 6 nitrogen and oxygen atoms in total. The first-order valence-electron chi connectivity index (χ1n) is 8.60. The van der Waals surface area contributed by atoms with Crippen LogP contribution in [0.1, 0.15) is 30.9 Å². The van der Waals surface area contributed by atoms with Crippen molar-refractivity contribution < 1.29 is 9.53 Å². The minimum absolute atomic E-state index is 0. The predicted octanol–water partition coefficient (Wildman–Crippen LogP) is 2.03. The molecule has 1 aliphatic rings. The maximum atomic E-state index is 11.6. The highest BCUT2D eigenvalue weighted by molar-refractivity contribution is 14.0. The van der Waals surface area contributed by atoms with Crippen molar-refractivity contribution in [2.45, 2.75) is 32.9 Å². The molecule has 1 aromatic rings. The van der Waals surface area contributed by atoms with E-state index in [1.54, 1.807) is 7.11 Å². The van der Waals surface area contributed by atoms with Crippen LogP contribution in [-0.4, -0.2) is 38.6 Å². The number of methoxy groups -OCH3 is 1. The Morgan fingerprint density at radius 3 is 2.48 bits per heavy atom. The van der Waals surface area contributed by atoms with Crippen molar-refractivity contribution in [1.29, 1.82) is 0 Å². The van der Waals surface area contributed by atoms with Crippen molar-refractivity contribution in [3.63, 3.8) is 0 Å². The molecule has 1 fully saturated rings. The second kappa shape index (κ2) is 12.1. The Balaban J connectivity index is 0.00000312. The van der Waals surface area contributed by atoms with Gasteiger partial charge in [0.25, 0.3) is 0 Å². The number of nitrogens with zero attached hydrogens (tertiary/aromatic N) is 1. The molecule has 0 aromatic heterocycles. The van der Waals surface area contributed by atoms with Crippen LogP contribution < -0.4 is 16.0 Å². The highest BCUT2D eigenvalue weighted by atomic mass is 127. The van der Waals surface area contributed by atoms with E-state index in [2.05, 4.69) is 33.1 Å². The number of ether oxygens (including phenoxy) is 1. The molecule has 0 unspecified atom stereocenters. The first-order chi connectivity index (χ1) is 11.7. The molecule has 0 spiro atoms. The summed E-state index contributed by atoms with van der Waals surface area (Å²) in [4.78, 5) is 16.2. The SMILES string of the molecule is CCNC(=NCc1ccccc1COC)NCCNC(=O)C1CC1.I. The predicted molar refractivity (Wildman–Crippen MR) is 111 cm³/mol. The fraction of sp³-hybridized carbons (Fsp3) is 0.556. The highest BCUT2D eigenvalue weighted by Gasteiger charge is 2.28. The monoisotopic (exact) mass is 460 g/mol. The van der Waals surface area contributed by atoms with E-state index in [9.17, 15) is 4.79 Å². The average Bonchev–Trinajstić information content (AvgIpc) is 3.42. The molecule has 140 valence electrons. The maximum Gasteiger partial charge on any atom is 0.223 e. The minimum atomic E-state index is 0. The third kappa shape index (κ3) is 8.04. The molecule has 25 heavy (non-hydrogen) atoms. The fourth-order valence-corrected chi connectivity index (χ4v) is 2.37. The molecule has 0 saturated heterocycles. The standard InChI is InChI=1S/C18H28N4O2.HI/c1-3-19-18(21-11-10-20-17(23)14-8-9-14)22-12-15-6-4-5-7-16(15)13-24-2;/h4-7,14H,3,8-13H2,1-2H3,(H,20,23)(H2,19,21,22);1H. The molecule has 1 aromatic carbocycles. The van der Waals surface area contributed by atoms with Crippen LogP contribution in [0.3, 0.4) is 0 Å². The van der Waals surface area contributed by atoms with Gasteiger partial charge >= 0.3 is 0 Å². The second-order valence-electron chi connectivity index (χ2n) is 5.89. The normalized spacial score (nSPS) is 13.8. The van der Waals surface area contributed by atoms with Gasteiger partial charge in [0, 0.05) is 32.7 Å². The Morgan fingerprint density at radius 2 is 1.84 bits per heavy atom. The van der Waals surface area contributed by atoms with Crippen LogP contribution >= 0.6 is 24.0 Å². The fourth-order valence-electron chi connectivity index (χ4n) is 2.37. The summed E-state index contributed by atoms with van der Waals surface area (Å²) in [6.07, 6.45) is 2.06. The van der Waals surface area contributed by atoms with Gasteiger partial charge in [-0.25, -0.2) is 4.99 Å². The first-order valence-corrected chi connectivity index (χ1v) is 8.60. The van der Waals surface area contributed by atoms with Gasteiger partial charge in [0.2, 0.25) is 5.91 Å². The van der Waals surface area contributed by atoms with E-state index in [4.69, 9.17) is 4.74 Å². The number of hydrogen-bond acceptors (Lipinski definition) is 3.